The number of nitrogens with two attached hydrogens (primary N) is 1. The number of para-hydroxylation sites is 2. The second kappa shape index (κ2) is 8.25. The molecule has 0 aliphatic carbocycles. The lowest BCUT2D eigenvalue weighted by Crippen LogP contribution is -2.37. The number of aliphatic hydroxyl groups is 1. The van der Waals surface area contributed by atoms with Gasteiger partial charge in [-0.3, -0.25) is 5.73 Å². The third kappa shape index (κ3) is 4.07. The normalized spacial score (nSPS) is 12.4. The van der Waals surface area contributed by atoms with E-state index in [1.807, 2.05) is 57.7 Å². The first kappa shape index (κ1) is 20.0. The second-order valence-electron chi connectivity index (χ2n) is 6.86. The molecule has 0 amide bonds. The van der Waals surface area contributed by atoms with Gasteiger partial charge < -0.3 is 5.11 Å². The van der Waals surface area contributed by atoms with E-state index >= 15 is 0 Å². The van der Waals surface area contributed by atoms with Crippen molar-refractivity contribution in [1.29, 1.82) is 0 Å². The van der Waals surface area contributed by atoms with E-state index in [2.05, 4.69) is 0 Å². The Hall–Kier alpha value is -2.24. The summed E-state index contributed by atoms with van der Waals surface area (Å²) in [6.45, 7) is 0.886. The monoisotopic (exact) mass is 446 g/mol. The molecule has 1 atom stereocenters. The molecule has 0 saturated heterocycles. The fraction of sp³-hybridized carbons (Fsp3) is 0.136. The topological polar surface area (TPSA) is 55.1 Å². The Morgan fingerprint density at radius 1 is 0.931 bits per heavy atom. The van der Waals surface area contributed by atoms with Crippen LogP contribution in [0.3, 0.4) is 0 Å². The first-order valence-electron chi connectivity index (χ1n) is 9.08. The molecule has 3 N–H and O–H groups in total. The number of hydrogen-bond donors (Lipinski definition) is 2. The average Bonchev–Trinajstić information content (AvgIpc) is 2.97. The lowest BCUT2D eigenvalue weighted by atomic mass is 10.1. The zero-order valence-electron chi connectivity index (χ0n) is 15.4. The van der Waals surface area contributed by atoms with E-state index in [1.54, 1.807) is 18.2 Å². The lowest BCUT2D eigenvalue weighted by molar-refractivity contribution is -0.648. The average molecular weight is 448 g/mol. The molecule has 0 fully saturated rings. The third-order valence-corrected chi connectivity index (χ3v) is 5.95. The third-order valence-electron chi connectivity index (χ3n) is 4.95. The molecule has 4 rings (SSSR count). The summed E-state index contributed by atoms with van der Waals surface area (Å²) < 4.78 is 3.94. The number of benzene rings is 3. The fourth-order valence-electron chi connectivity index (χ4n) is 3.44. The van der Waals surface area contributed by atoms with Gasteiger partial charge in [0, 0.05) is 5.02 Å². The molecule has 0 radical (unpaired) electrons. The number of halogens is 3. The van der Waals surface area contributed by atoms with Gasteiger partial charge >= 0.3 is 5.95 Å². The van der Waals surface area contributed by atoms with Crippen molar-refractivity contribution in [2.24, 2.45) is 0 Å². The van der Waals surface area contributed by atoms with Crippen molar-refractivity contribution in [3.63, 3.8) is 0 Å². The zero-order chi connectivity index (χ0) is 20.5. The van der Waals surface area contributed by atoms with Crippen LogP contribution in [-0.4, -0.2) is 9.67 Å². The lowest BCUT2D eigenvalue weighted by Gasteiger charge is -2.11. The van der Waals surface area contributed by atoms with Crippen molar-refractivity contribution in [3.05, 3.63) is 92.9 Å². The molecular formula is C22H19Cl3N3O+. The molecule has 148 valence electrons. The highest BCUT2D eigenvalue weighted by molar-refractivity contribution is 6.42. The van der Waals surface area contributed by atoms with Crippen LogP contribution in [0.5, 0.6) is 0 Å². The molecule has 4 aromatic rings. The molecule has 0 aliphatic heterocycles. The maximum Gasteiger partial charge on any atom is 0.356 e. The SMILES string of the molecule is Nc1n(C[C@H](O)c2ccc(Cl)c(Cl)c2)c2ccccc2[n+]1Cc1ccc(Cl)cc1. The standard InChI is InChI=1S/C22H18Cl3N3O/c23-16-8-5-14(6-9-16)12-27-19-3-1-2-4-20(19)28(22(27)26)13-21(29)15-7-10-17(24)18(25)11-15/h1-11,21,26,29H,12-13H2/p+1/t21-/m0/s1. The Morgan fingerprint density at radius 2 is 1.66 bits per heavy atom. The van der Waals surface area contributed by atoms with E-state index in [1.165, 1.54) is 0 Å². The highest BCUT2D eigenvalue weighted by Crippen LogP contribution is 2.28. The molecule has 1 heterocycles. The summed E-state index contributed by atoms with van der Waals surface area (Å²) in [5.74, 6) is 0.556. The molecule has 3 aromatic carbocycles. The number of nitrogen functional groups attached to an aromatic ring is 1. The van der Waals surface area contributed by atoms with Gasteiger partial charge in [-0.25, -0.2) is 9.13 Å². The van der Waals surface area contributed by atoms with Crippen LogP contribution < -0.4 is 10.3 Å². The smallest absolute Gasteiger partial charge is 0.356 e. The van der Waals surface area contributed by atoms with Gasteiger partial charge in [-0.1, -0.05) is 65.1 Å². The van der Waals surface area contributed by atoms with Crippen LogP contribution in [0.1, 0.15) is 17.2 Å². The number of aliphatic hydroxyl groups excluding tert-OH is 1. The Balaban J connectivity index is 1.71. The maximum atomic E-state index is 10.8. The fourth-order valence-corrected chi connectivity index (χ4v) is 3.87. The van der Waals surface area contributed by atoms with Crippen molar-refractivity contribution < 1.29 is 9.67 Å². The van der Waals surface area contributed by atoms with Crippen LogP contribution in [0, 0.1) is 0 Å². The minimum Gasteiger partial charge on any atom is -0.385 e. The van der Waals surface area contributed by atoms with Crippen molar-refractivity contribution in [2.45, 2.75) is 19.2 Å². The summed E-state index contributed by atoms with van der Waals surface area (Å²) in [5, 5.41) is 12.4. The van der Waals surface area contributed by atoms with Crippen molar-refractivity contribution in [3.8, 4) is 0 Å². The molecule has 29 heavy (non-hydrogen) atoms. The molecule has 0 saturated carbocycles. The molecular weight excluding hydrogens is 429 g/mol. The Morgan fingerprint density at radius 3 is 2.38 bits per heavy atom. The summed E-state index contributed by atoms with van der Waals surface area (Å²) in [7, 11) is 0. The Bertz CT molecular complexity index is 1170. The molecule has 4 nitrogen and oxygen atoms in total. The summed E-state index contributed by atoms with van der Waals surface area (Å²) >= 11 is 18.1. The van der Waals surface area contributed by atoms with Gasteiger partial charge in [-0.15, -0.1) is 0 Å². The van der Waals surface area contributed by atoms with Crippen LogP contribution >= 0.6 is 34.8 Å². The quantitative estimate of drug-likeness (QED) is 0.410. The molecule has 0 aliphatic rings. The largest absolute Gasteiger partial charge is 0.385 e. The van der Waals surface area contributed by atoms with Crippen LogP contribution in [0.4, 0.5) is 5.95 Å². The van der Waals surface area contributed by atoms with Gasteiger partial charge in [-0.05, 0) is 47.5 Å². The van der Waals surface area contributed by atoms with E-state index < -0.39 is 6.10 Å². The zero-order valence-corrected chi connectivity index (χ0v) is 17.7. The molecule has 0 spiro atoms. The van der Waals surface area contributed by atoms with E-state index in [0.29, 0.717) is 33.1 Å². The first-order valence-corrected chi connectivity index (χ1v) is 10.2. The number of rotatable bonds is 5. The van der Waals surface area contributed by atoms with Crippen LogP contribution in [-0.2, 0) is 13.1 Å². The highest BCUT2D eigenvalue weighted by Gasteiger charge is 2.23. The van der Waals surface area contributed by atoms with Gasteiger partial charge in [0.25, 0.3) is 0 Å². The Labute approximate surface area is 183 Å². The second-order valence-corrected chi connectivity index (χ2v) is 8.11. The molecule has 7 heteroatoms. The van der Waals surface area contributed by atoms with E-state index in [-0.39, 0.29) is 6.54 Å². The number of anilines is 1. The summed E-state index contributed by atoms with van der Waals surface area (Å²) in [6.07, 6.45) is -0.785. The molecule has 0 bridgehead atoms. The predicted octanol–water partition coefficient (Wildman–Crippen LogP) is 5.25. The molecule has 0 unspecified atom stereocenters. The van der Waals surface area contributed by atoms with Crippen molar-refractivity contribution in [2.75, 3.05) is 5.73 Å². The predicted molar refractivity (Wildman–Crippen MR) is 119 cm³/mol. The van der Waals surface area contributed by atoms with Gasteiger partial charge in [0.1, 0.15) is 23.7 Å². The van der Waals surface area contributed by atoms with E-state index in [0.717, 1.165) is 16.6 Å². The van der Waals surface area contributed by atoms with Gasteiger partial charge in [-0.2, -0.15) is 0 Å². The number of aromatic nitrogens is 2. The van der Waals surface area contributed by atoms with E-state index in [4.69, 9.17) is 40.5 Å². The van der Waals surface area contributed by atoms with Gasteiger partial charge in [0.2, 0.25) is 0 Å². The molecule has 1 aromatic heterocycles. The van der Waals surface area contributed by atoms with Gasteiger partial charge in [0.05, 0.1) is 16.6 Å². The minimum absolute atomic E-state index is 0.290. The number of hydrogen-bond acceptors (Lipinski definition) is 2. The summed E-state index contributed by atoms with van der Waals surface area (Å²) in [5.41, 5.74) is 10.2. The maximum absolute atomic E-state index is 10.8. The highest BCUT2D eigenvalue weighted by atomic mass is 35.5. The summed E-state index contributed by atoms with van der Waals surface area (Å²) in [4.78, 5) is 0. The minimum atomic E-state index is -0.785. The van der Waals surface area contributed by atoms with Crippen LogP contribution in [0.2, 0.25) is 15.1 Å². The first-order chi connectivity index (χ1) is 13.9. The van der Waals surface area contributed by atoms with Crippen molar-refractivity contribution in [1.82, 2.24) is 4.57 Å². The van der Waals surface area contributed by atoms with Crippen molar-refractivity contribution >= 4 is 51.8 Å². The van der Waals surface area contributed by atoms with Crippen LogP contribution in [0.15, 0.2) is 66.7 Å². The summed E-state index contributed by atoms with van der Waals surface area (Å²) in [6, 6.07) is 20.7. The van der Waals surface area contributed by atoms with Crippen LogP contribution in [0.25, 0.3) is 11.0 Å². The number of fused-ring (bicyclic) bond motifs is 1. The van der Waals surface area contributed by atoms with Gasteiger partial charge in [0.15, 0.2) is 0 Å². The number of imidazole rings is 1. The van der Waals surface area contributed by atoms with E-state index in [9.17, 15) is 5.11 Å². The number of nitrogens with zero attached hydrogens (tertiary/aromatic N) is 2. The Kier molecular flexibility index (Phi) is 5.70.